The van der Waals surface area contributed by atoms with Crippen molar-refractivity contribution in [2.24, 2.45) is 11.3 Å². The zero-order chi connectivity index (χ0) is 9.90. The van der Waals surface area contributed by atoms with Crippen LogP contribution in [0.5, 0.6) is 0 Å². The summed E-state index contributed by atoms with van der Waals surface area (Å²) in [4.78, 5) is 11.5. The van der Waals surface area contributed by atoms with Gasteiger partial charge in [0, 0.05) is 11.8 Å². The van der Waals surface area contributed by atoms with Crippen LogP contribution < -0.4 is 0 Å². The van der Waals surface area contributed by atoms with Gasteiger partial charge in [-0.3, -0.25) is 4.79 Å². The predicted octanol–water partition coefficient (Wildman–Crippen LogP) is 3.57. The van der Waals surface area contributed by atoms with E-state index in [0.29, 0.717) is 11.7 Å². The number of hydrogen-bond donors (Lipinski definition) is 0. The molecule has 0 N–H and O–H groups in total. The molecule has 1 atom stereocenters. The van der Waals surface area contributed by atoms with E-state index in [0.717, 1.165) is 12.8 Å². The van der Waals surface area contributed by atoms with Gasteiger partial charge in [-0.15, -0.1) is 0 Å². The van der Waals surface area contributed by atoms with E-state index in [9.17, 15) is 4.79 Å². The Balaban J connectivity index is 2.38. The topological polar surface area (TPSA) is 17.1 Å². The Bertz CT molecular complexity index is 182. The molecule has 1 aliphatic carbocycles. The Kier molecular flexibility index (Phi) is 3.52. The molecular weight excluding hydrogens is 160 g/mol. The molecule has 0 amide bonds. The normalized spacial score (nSPS) is 26.7. The second kappa shape index (κ2) is 4.26. The van der Waals surface area contributed by atoms with E-state index in [2.05, 4.69) is 20.8 Å². The summed E-state index contributed by atoms with van der Waals surface area (Å²) in [5, 5.41) is 0. The van der Waals surface area contributed by atoms with Crippen molar-refractivity contribution in [1.29, 1.82) is 0 Å². The molecule has 0 aromatic heterocycles. The van der Waals surface area contributed by atoms with Crippen molar-refractivity contribution in [2.45, 2.75) is 59.3 Å². The van der Waals surface area contributed by atoms with E-state index in [1.54, 1.807) is 0 Å². The van der Waals surface area contributed by atoms with Crippen LogP contribution in [0.2, 0.25) is 0 Å². The lowest BCUT2D eigenvalue weighted by molar-refractivity contribution is -0.125. The van der Waals surface area contributed by atoms with Crippen LogP contribution in [0, 0.1) is 11.3 Å². The van der Waals surface area contributed by atoms with E-state index in [-0.39, 0.29) is 5.41 Å². The van der Waals surface area contributed by atoms with Gasteiger partial charge < -0.3 is 0 Å². The molecule has 1 heteroatoms. The first-order valence-electron chi connectivity index (χ1n) is 5.62. The molecule has 1 aliphatic rings. The van der Waals surface area contributed by atoms with E-state index < -0.39 is 0 Å². The fourth-order valence-electron chi connectivity index (χ4n) is 2.36. The molecule has 0 unspecified atom stereocenters. The molecule has 13 heavy (non-hydrogen) atoms. The molecule has 76 valence electrons. The van der Waals surface area contributed by atoms with Gasteiger partial charge in [-0.05, 0) is 18.8 Å². The highest BCUT2D eigenvalue weighted by Gasteiger charge is 2.40. The maximum atomic E-state index is 11.5. The minimum atomic E-state index is -0.0201. The highest BCUT2D eigenvalue weighted by atomic mass is 16.1. The average molecular weight is 182 g/mol. The SMILES string of the molecule is CCCCC[C@@H]1CCC(=O)C1(C)C. The van der Waals surface area contributed by atoms with Crippen molar-refractivity contribution < 1.29 is 4.79 Å². The third-order valence-electron chi connectivity index (χ3n) is 3.62. The maximum absolute atomic E-state index is 11.5. The number of ketones is 1. The van der Waals surface area contributed by atoms with E-state index in [1.165, 1.54) is 25.7 Å². The Hall–Kier alpha value is -0.330. The lowest BCUT2D eigenvalue weighted by Gasteiger charge is -2.25. The van der Waals surface area contributed by atoms with Crippen LogP contribution >= 0.6 is 0 Å². The number of carbonyl (C=O) groups is 1. The van der Waals surface area contributed by atoms with Gasteiger partial charge in [0.15, 0.2) is 0 Å². The minimum absolute atomic E-state index is 0.0201. The number of carbonyl (C=O) groups excluding carboxylic acids is 1. The average Bonchev–Trinajstić information content (AvgIpc) is 2.32. The van der Waals surface area contributed by atoms with Crippen molar-refractivity contribution in [3.63, 3.8) is 0 Å². The summed E-state index contributed by atoms with van der Waals surface area (Å²) in [6.07, 6.45) is 7.12. The molecule has 1 rings (SSSR count). The summed E-state index contributed by atoms with van der Waals surface area (Å²) in [6.45, 7) is 6.48. The molecule has 0 aliphatic heterocycles. The van der Waals surface area contributed by atoms with Gasteiger partial charge in [-0.25, -0.2) is 0 Å². The first-order valence-corrected chi connectivity index (χ1v) is 5.62. The van der Waals surface area contributed by atoms with Crippen molar-refractivity contribution >= 4 is 5.78 Å². The first kappa shape index (κ1) is 10.7. The lowest BCUT2D eigenvalue weighted by atomic mass is 9.78. The van der Waals surface area contributed by atoms with Crippen molar-refractivity contribution in [1.82, 2.24) is 0 Å². The van der Waals surface area contributed by atoms with Gasteiger partial charge in [-0.1, -0.05) is 40.0 Å². The van der Waals surface area contributed by atoms with Gasteiger partial charge >= 0.3 is 0 Å². The minimum Gasteiger partial charge on any atom is -0.299 e. The maximum Gasteiger partial charge on any atom is 0.138 e. The fraction of sp³-hybridized carbons (Fsp3) is 0.917. The van der Waals surface area contributed by atoms with Crippen LogP contribution in [0.15, 0.2) is 0 Å². The van der Waals surface area contributed by atoms with Gasteiger partial charge in [-0.2, -0.15) is 0 Å². The molecule has 1 saturated carbocycles. The van der Waals surface area contributed by atoms with Crippen LogP contribution in [-0.4, -0.2) is 5.78 Å². The molecule has 0 aromatic rings. The van der Waals surface area contributed by atoms with Gasteiger partial charge in [0.25, 0.3) is 0 Å². The summed E-state index contributed by atoms with van der Waals surface area (Å²) >= 11 is 0. The number of unbranched alkanes of at least 4 members (excludes halogenated alkanes) is 2. The first-order chi connectivity index (χ1) is 6.09. The Morgan fingerprint density at radius 2 is 2.08 bits per heavy atom. The third kappa shape index (κ3) is 2.32. The zero-order valence-electron chi connectivity index (χ0n) is 9.23. The van der Waals surface area contributed by atoms with Crippen LogP contribution in [0.3, 0.4) is 0 Å². The Morgan fingerprint density at radius 1 is 1.38 bits per heavy atom. The summed E-state index contributed by atoms with van der Waals surface area (Å²) < 4.78 is 0. The second-order valence-corrected chi connectivity index (χ2v) is 4.88. The molecular formula is C12H22O. The largest absolute Gasteiger partial charge is 0.299 e. The van der Waals surface area contributed by atoms with Crippen LogP contribution in [0.4, 0.5) is 0 Å². The van der Waals surface area contributed by atoms with Gasteiger partial charge in [0.1, 0.15) is 5.78 Å². The van der Waals surface area contributed by atoms with Crippen LogP contribution in [-0.2, 0) is 4.79 Å². The number of Topliss-reactive ketones (excluding diaryl/α,β-unsaturated/α-hetero) is 1. The summed E-state index contributed by atoms with van der Waals surface area (Å²) in [5.41, 5.74) is -0.0201. The van der Waals surface area contributed by atoms with Crippen LogP contribution in [0.1, 0.15) is 59.3 Å². The summed E-state index contributed by atoms with van der Waals surface area (Å²) in [7, 11) is 0. The second-order valence-electron chi connectivity index (χ2n) is 4.88. The van der Waals surface area contributed by atoms with Crippen molar-refractivity contribution in [3.05, 3.63) is 0 Å². The van der Waals surface area contributed by atoms with E-state index in [1.807, 2.05) is 0 Å². The van der Waals surface area contributed by atoms with Crippen LogP contribution in [0.25, 0.3) is 0 Å². The van der Waals surface area contributed by atoms with Crippen molar-refractivity contribution in [2.75, 3.05) is 0 Å². The fourth-order valence-corrected chi connectivity index (χ4v) is 2.36. The van der Waals surface area contributed by atoms with Gasteiger partial charge in [0.2, 0.25) is 0 Å². The monoisotopic (exact) mass is 182 g/mol. The standard InChI is InChI=1S/C12H22O/c1-4-5-6-7-10-8-9-11(13)12(10,2)3/h10H,4-9H2,1-3H3/t10-/m1/s1. The lowest BCUT2D eigenvalue weighted by Crippen LogP contribution is -2.24. The molecule has 0 heterocycles. The summed E-state index contributed by atoms with van der Waals surface area (Å²) in [6, 6.07) is 0. The quantitative estimate of drug-likeness (QED) is 0.607. The summed E-state index contributed by atoms with van der Waals surface area (Å²) in [5.74, 6) is 1.14. The third-order valence-corrected chi connectivity index (χ3v) is 3.62. The predicted molar refractivity (Wildman–Crippen MR) is 55.7 cm³/mol. The molecule has 1 fully saturated rings. The number of rotatable bonds is 4. The molecule has 0 radical (unpaired) electrons. The molecule has 0 saturated heterocycles. The molecule has 0 spiro atoms. The van der Waals surface area contributed by atoms with Crippen molar-refractivity contribution in [3.8, 4) is 0 Å². The Labute approximate surface area is 81.9 Å². The number of hydrogen-bond acceptors (Lipinski definition) is 1. The zero-order valence-corrected chi connectivity index (χ0v) is 9.23. The molecule has 0 bridgehead atoms. The van der Waals surface area contributed by atoms with E-state index >= 15 is 0 Å². The highest BCUT2D eigenvalue weighted by molar-refractivity contribution is 5.86. The molecule has 1 nitrogen and oxygen atoms in total. The molecule has 0 aromatic carbocycles. The smallest absolute Gasteiger partial charge is 0.138 e. The Morgan fingerprint density at radius 3 is 2.54 bits per heavy atom. The van der Waals surface area contributed by atoms with E-state index in [4.69, 9.17) is 0 Å². The van der Waals surface area contributed by atoms with Gasteiger partial charge in [0.05, 0.1) is 0 Å². The highest BCUT2D eigenvalue weighted by Crippen LogP contribution is 2.42.